The van der Waals surface area contributed by atoms with Gasteiger partial charge in [-0.25, -0.2) is 4.98 Å². The highest BCUT2D eigenvalue weighted by Gasteiger charge is 2.34. The van der Waals surface area contributed by atoms with Crippen molar-refractivity contribution in [3.8, 4) is 0 Å². The second-order valence-electron chi connectivity index (χ2n) is 6.97. The molecule has 0 unspecified atom stereocenters. The van der Waals surface area contributed by atoms with Crippen LogP contribution in [0.2, 0.25) is 5.02 Å². The van der Waals surface area contributed by atoms with E-state index in [4.69, 9.17) is 11.6 Å². The number of amides is 1. The third-order valence-electron chi connectivity index (χ3n) is 4.78. The molecule has 0 aliphatic rings. The van der Waals surface area contributed by atoms with Gasteiger partial charge < -0.3 is 15.2 Å². The Morgan fingerprint density at radius 2 is 1.78 bits per heavy atom. The SMILES string of the molecule is Cn1c(Nc2ccc(Cl)cc2C(F)(F)F)nc2cc(C(=O)Nc3ccc(Br)cc3)ccc21. The van der Waals surface area contributed by atoms with Crippen LogP contribution in [-0.2, 0) is 13.2 Å². The molecule has 0 radical (unpaired) electrons. The van der Waals surface area contributed by atoms with E-state index in [2.05, 4.69) is 31.5 Å². The zero-order valence-corrected chi connectivity index (χ0v) is 18.8. The van der Waals surface area contributed by atoms with E-state index in [-0.39, 0.29) is 22.6 Å². The highest BCUT2D eigenvalue weighted by molar-refractivity contribution is 9.10. The summed E-state index contributed by atoms with van der Waals surface area (Å²) < 4.78 is 42.7. The fraction of sp³-hybridized carbons (Fsp3) is 0.0909. The Morgan fingerprint density at radius 1 is 1.06 bits per heavy atom. The number of nitrogens with one attached hydrogen (secondary N) is 2. The van der Waals surface area contributed by atoms with Crippen LogP contribution in [0.4, 0.5) is 30.5 Å². The van der Waals surface area contributed by atoms with Gasteiger partial charge in [-0.05, 0) is 60.7 Å². The minimum atomic E-state index is -4.59. The maximum atomic E-state index is 13.4. The third-order valence-corrected chi connectivity index (χ3v) is 5.54. The van der Waals surface area contributed by atoms with Crippen molar-refractivity contribution in [1.82, 2.24) is 9.55 Å². The van der Waals surface area contributed by atoms with Gasteiger partial charge in [0, 0.05) is 27.8 Å². The fourth-order valence-electron chi connectivity index (χ4n) is 3.17. The molecule has 10 heteroatoms. The van der Waals surface area contributed by atoms with Gasteiger partial charge in [-0.1, -0.05) is 27.5 Å². The Bertz CT molecular complexity index is 1320. The largest absolute Gasteiger partial charge is 0.418 e. The first-order valence-electron chi connectivity index (χ1n) is 9.29. The summed E-state index contributed by atoms with van der Waals surface area (Å²) in [5.41, 5.74) is 1.04. The first kappa shape index (κ1) is 22.2. The monoisotopic (exact) mass is 522 g/mol. The van der Waals surface area contributed by atoms with E-state index in [1.807, 2.05) is 12.1 Å². The lowest BCUT2D eigenvalue weighted by Crippen LogP contribution is -2.11. The highest BCUT2D eigenvalue weighted by Crippen LogP contribution is 2.37. The quantitative estimate of drug-likeness (QED) is 0.303. The Balaban J connectivity index is 1.64. The summed E-state index contributed by atoms with van der Waals surface area (Å²) in [5.74, 6) is -0.135. The number of hydrogen-bond acceptors (Lipinski definition) is 3. The molecule has 0 atom stereocenters. The molecule has 32 heavy (non-hydrogen) atoms. The van der Waals surface area contributed by atoms with Crippen LogP contribution in [0.25, 0.3) is 11.0 Å². The summed E-state index contributed by atoms with van der Waals surface area (Å²) in [6, 6.07) is 15.5. The van der Waals surface area contributed by atoms with Crippen LogP contribution >= 0.6 is 27.5 Å². The molecule has 3 aromatic carbocycles. The first-order chi connectivity index (χ1) is 15.1. The molecule has 0 bridgehead atoms. The van der Waals surface area contributed by atoms with E-state index in [0.29, 0.717) is 22.3 Å². The zero-order valence-electron chi connectivity index (χ0n) is 16.5. The van der Waals surface area contributed by atoms with Gasteiger partial charge >= 0.3 is 6.18 Å². The molecule has 1 amide bonds. The van der Waals surface area contributed by atoms with Crippen LogP contribution in [0.1, 0.15) is 15.9 Å². The maximum absolute atomic E-state index is 13.4. The predicted octanol–water partition coefficient (Wildman–Crippen LogP) is 7.00. The molecular weight excluding hydrogens is 509 g/mol. The molecule has 1 aromatic heterocycles. The summed E-state index contributed by atoms with van der Waals surface area (Å²) >= 11 is 9.08. The van der Waals surface area contributed by atoms with Crippen LogP contribution in [-0.4, -0.2) is 15.5 Å². The number of rotatable bonds is 4. The summed E-state index contributed by atoms with van der Waals surface area (Å²) in [5, 5.41) is 5.50. The number of halogens is 5. The van der Waals surface area contributed by atoms with Crippen molar-refractivity contribution in [3.63, 3.8) is 0 Å². The van der Waals surface area contributed by atoms with Gasteiger partial charge in [-0.3, -0.25) is 4.79 Å². The minimum absolute atomic E-state index is 0.0192. The second kappa shape index (κ2) is 8.48. The summed E-state index contributed by atoms with van der Waals surface area (Å²) in [7, 11) is 1.67. The number of carbonyl (C=O) groups is 1. The number of alkyl halides is 3. The number of benzene rings is 3. The number of hydrogen-bond donors (Lipinski definition) is 2. The van der Waals surface area contributed by atoms with Crippen LogP contribution in [0.5, 0.6) is 0 Å². The normalized spacial score (nSPS) is 11.6. The van der Waals surface area contributed by atoms with E-state index in [9.17, 15) is 18.0 Å². The molecule has 1 heterocycles. The van der Waals surface area contributed by atoms with Crippen molar-refractivity contribution >= 4 is 61.8 Å². The Labute approximate surface area is 194 Å². The van der Waals surface area contributed by atoms with Crippen molar-refractivity contribution in [2.45, 2.75) is 6.18 Å². The highest BCUT2D eigenvalue weighted by atomic mass is 79.9. The van der Waals surface area contributed by atoms with Gasteiger partial charge in [0.25, 0.3) is 5.91 Å². The van der Waals surface area contributed by atoms with E-state index >= 15 is 0 Å². The van der Waals surface area contributed by atoms with E-state index in [1.165, 1.54) is 12.1 Å². The molecule has 0 spiro atoms. The second-order valence-corrected chi connectivity index (χ2v) is 8.32. The topological polar surface area (TPSA) is 59.0 Å². The average Bonchev–Trinajstić information content (AvgIpc) is 3.05. The molecule has 5 nitrogen and oxygen atoms in total. The van der Waals surface area contributed by atoms with Gasteiger partial charge in [0.05, 0.1) is 22.3 Å². The van der Waals surface area contributed by atoms with Crippen molar-refractivity contribution in [1.29, 1.82) is 0 Å². The molecular formula is C22H15BrClF3N4O. The molecule has 0 fully saturated rings. The third kappa shape index (κ3) is 4.58. The first-order valence-corrected chi connectivity index (χ1v) is 10.5. The van der Waals surface area contributed by atoms with Gasteiger partial charge in [-0.15, -0.1) is 0 Å². The van der Waals surface area contributed by atoms with E-state index in [1.54, 1.807) is 41.9 Å². The molecule has 0 saturated carbocycles. The summed E-state index contributed by atoms with van der Waals surface area (Å²) in [6.07, 6.45) is -4.59. The number of aryl methyl sites for hydroxylation is 1. The fourth-order valence-corrected chi connectivity index (χ4v) is 3.61. The maximum Gasteiger partial charge on any atom is 0.418 e. The Hall–Kier alpha value is -3.04. The van der Waals surface area contributed by atoms with Gasteiger partial charge in [0.1, 0.15) is 0 Å². The molecule has 0 aliphatic heterocycles. The Kier molecular flexibility index (Phi) is 5.87. The molecule has 4 rings (SSSR count). The van der Waals surface area contributed by atoms with E-state index in [0.717, 1.165) is 10.5 Å². The lowest BCUT2D eigenvalue weighted by atomic mass is 10.1. The molecule has 4 aromatic rings. The summed E-state index contributed by atoms with van der Waals surface area (Å²) in [4.78, 5) is 17.0. The van der Waals surface area contributed by atoms with Crippen molar-refractivity contribution < 1.29 is 18.0 Å². The Morgan fingerprint density at radius 3 is 2.47 bits per heavy atom. The molecule has 0 aliphatic carbocycles. The minimum Gasteiger partial charge on any atom is -0.325 e. The van der Waals surface area contributed by atoms with Gasteiger partial charge in [0.2, 0.25) is 5.95 Å². The van der Waals surface area contributed by atoms with Crippen LogP contribution in [0.15, 0.2) is 65.1 Å². The molecule has 164 valence electrons. The van der Waals surface area contributed by atoms with Crippen LogP contribution in [0.3, 0.4) is 0 Å². The smallest absolute Gasteiger partial charge is 0.325 e. The molecule has 0 saturated heterocycles. The predicted molar refractivity (Wildman–Crippen MR) is 123 cm³/mol. The number of aromatic nitrogens is 2. The van der Waals surface area contributed by atoms with Crippen molar-refractivity contribution in [3.05, 3.63) is 81.3 Å². The number of anilines is 3. The van der Waals surface area contributed by atoms with Crippen LogP contribution < -0.4 is 10.6 Å². The van der Waals surface area contributed by atoms with Crippen LogP contribution in [0, 0.1) is 0 Å². The van der Waals surface area contributed by atoms with Gasteiger partial charge in [-0.2, -0.15) is 13.2 Å². The number of fused-ring (bicyclic) bond motifs is 1. The van der Waals surface area contributed by atoms with Crippen molar-refractivity contribution in [2.75, 3.05) is 10.6 Å². The zero-order chi connectivity index (χ0) is 23.0. The standard InChI is InChI=1S/C22H15BrClF3N4O/c1-31-19-9-2-12(20(32)28-15-6-3-13(23)4-7-15)10-18(19)30-21(31)29-17-8-5-14(24)11-16(17)22(25,26)27/h2-11H,1H3,(H,28,32)(H,29,30). The molecule has 2 N–H and O–H groups in total. The summed E-state index contributed by atoms with van der Waals surface area (Å²) in [6.45, 7) is 0. The van der Waals surface area contributed by atoms with E-state index < -0.39 is 11.7 Å². The number of carbonyl (C=O) groups excluding carboxylic acids is 1. The average molecular weight is 524 g/mol. The van der Waals surface area contributed by atoms with Crippen molar-refractivity contribution in [2.24, 2.45) is 7.05 Å². The van der Waals surface area contributed by atoms with Gasteiger partial charge in [0.15, 0.2) is 0 Å². The lowest BCUT2D eigenvalue weighted by Gasteiger charge is -2.14. The number of imidazole rings is 1. The lowest BCUT2D eigenvalue weighted by molar-refractivity contribution is -0.136. The number of nitrogens with zero attached hydrogens (tertiary/aromatic N) is 2.